The maximum absolute atomic E-state index is 12.4. The van der Waals surface area contributed by atoms with Crippen LogP contribution in [0.15, 0.2) is 0 Å². The van der Waals surface area contributed by atoms with E-state index in [1.807, 2.05) is 32.8 Å². The van der Waals surface area contributed by atoms with E-state index in [0.29, 0.717) is 18.9 Å². The summed E-state index contributed by atoms with van der Waals surface area (Å²) in [5.74, 6) is -0.861. The van der Waals surface area contributed by atoms with E-state index in [9.17, 15) is 14.7 Å². The van der Waals surface area contributed by atoms with Gasteiger partial charge in [0, 0.05) is 25.6 Å². The van der Waals surface area contributed by atoms with Crippen molar-refractivity contribution in [3.05, 3.63) is 0 Å². The molecule has 0 spiro atoms. The topological polar surface area (TPSA) is 60.9 Å². The third-order valence-corrected chi connectivity index (χ3v) is 4.78. The summed E-state index contributed by atoms with van der Waals surface area (Å²) in [4.78, 5) is 27.9. The van der Waals surface area contributed by atoms with Crippen LogP contribution in [0.3, 0.4) is 0 Å². The molecule has 1 fully saturated rings. The summed E-state index contributed by atoms with van der Waals surface area (Å²) in [5, 5.41) is 9.43. The Balaban J connectivity index is 2.72. The Morgan fingerprint density at radius 3 is 2.35 bits per heavy atom. The fourth-order valence-electron chi connectivity index (χ4n) is 2.88. The third kappa shape index (κ3) is 3.72. The van der Waals surface area contributed by atoms with Crippen LogP contribution in [0.2, 0.25) is 0 Å². The smallest absolute Gasteiger partial charge is 0.310 e. The average Bonchev–Trinajstić information content (AvgIpc) is 2.44. The highest BCUT2D eigenvalue weighted by Gasteiger charge is 2.39. The lowest BCUT2D eigenvalue weighted by atomic mass is 9.78. The molecule has 0 aromatic rings. The number of aliphatic carboxylic acids is 1. The van der Waals surface area contributed by atoms with Crippen molar-refractivity contribution in [3.8, 4) is 0 Å². The highest BCUT2D eigenvalue weighted by atomic mass is 16.4. The molecule has 0 bridgehead atoms. The number of hydrogen-bond donors (Lipinski definition) is 1. The molecule has 0 aliphatic carbocycles. The number of carbonyl (C=O) groups is 2. The van der Waals surface area contributed by atoms with E-state index in [1.54, 1.807) is 0 Å². The quantitative estimate of drug-likeness (QED) is 0.808. The lowest BCUT2D eigenvalue weighted by Gasteiger charge is -2.38. The van der Waals surface area contributed by atoms with Gasteiger partial charge in [0.1, 0.15) is 0 Å². The van der Waals surface area contributed by atoms with Crippen molar-refractivity contribution in [3.63, 3.8) is 0 Å². The summed E-state index contributed by atoms with van der Waals surface area (Å²) in [6.07, 6.45) is 3.20. The highest BCUT2D eigenvalue weighted by Crippen LogP contribution is 2.32. The molecule has 1 N–H and O–H groups in total. The molecule has 0 saturated carbocycles. The minimum absolute atomic E-state index is 0.0114. The normalized spacial score (nSPS) is 20.2. The predicted octanol–water partition coefficient (Wildman–Crippen LogP) is 1.82. The highest BCUT2D eigenvalue weighted by molar-refractivity contribution is 5.85. The Labute approximate surface area is 121 Å². The van der Waals surface area contributed by atoms with Crippen LogP contribution < -0.4 is 0 Å². The number of likely N-dealkylation sites (N-methyl/N-ethyl adjacent to an activating group) is 1. The molecule has 1 heterocycles. The lowest BCUT2D eigenvalue weighted by molar-refractivity contribution is -0.154. The van der Waals surface area contributed by atoms with Gasteiger partial charge in [-0.1, -0.05) is 13.8 Å². The number of rotatable bonds is 6. The molecule has 1 rings (SSSR count). The number of carboxylic acid groups (broad SMARTS) is 1. The van der Waals surface area contributed by atoms with E-state index in [-0.39, 0.29) is 12.3 Å². The molecule has 116 valence electrons. The number of likely N-dealkylation sites (tertiary alicyclic amines) is 1. The average molecular weight is 284 g/mol. The van der Waals surface area contributed by atoms with Crippen LogP contribution in [0.5, 0.6) is 0 Å². The third-order valence-electron chi connectivity index (χ3n) is 4.78. The molecule has 1 unspecified atom stereocenters. The van der Waals surface area contributed by atoms with Gasteiger partial charge in [0.2, 0.25) is 5.91 Å². The Bertz CT molecular complexity index is 351. The van der Waals surface area contributed by atoms with Gasteiger partial charge in [-0.05, 0) is 39.8 Å². The second-order valence-corrected chi connectivity index (χ2v) is 6.07. The summed E-state index contributed by atoms with van der Waals surface area (Å²) in [5.41, 5.74) is -0.901. The van der Waals surface area contributed by atoms with Gasteiger partial charge in [-0.15, -0.1) is 0 Å². The summed E-state index contributed by atoms with van der Waals surface area (Å²) in [7, 11) is 4.05. The van der Waals surface area contributed by atoms with Gasteiger partial charge in [0.05, 0.1) is 5.41 Å². The van der Waals surface area contributed by atoms with Crippen molar-refractivity contribution in [2.24, 2.45) is 5.41 Å². The minimum Gasteiger partial charge on any atom is -0.481 e. The molecule has 0 aromatic heterocycles. The van der Waals surface area contributed by atoms with Crippen molar-refractivity contribution < 1.29 is 14.7 Å². The van der Waals surface area contributed by atoms with Crippen molar-refractivity contribution >= 4 is 11.9 Å². The van der Waals surface area contributed by atoms with E-state index < -0.39 is 11.4 Å². The first-order valence-electron chi connectivity index (χ1n) is 7.54. The minimum atomic E-state index is -0.901. The van der Waals surface area contributed by atoms with Crippen LogP contribution in [0.25, 0.3) is 0 Å². The van der Waals surface area contributed by atoms with Crippen LogP contribution in [-0.2, 0) is 9.59 Å². The lowest BCUT2D eigenvalue weighted by Crippen LogP contribution is -2.49. The molecule has 1 aliphatic heterocycles. The Hall–Kier alpha value is -1.10. The summed E-state index contributed by atoms with van der Waals surface area (Å²) < 4.78 is 0. The Morgan fingerprint density at radius 2 is 1.90 bits per heavy atom. The van der Waals surface area contributed by atoms with Crippen LogP contribution in [-0.4, -0.2) is 60.0 Å². The van der Waals surface area contributed by atoms with Crippen molar-refractivity contribution in [1.29, 1.82) is 0 Å². The molecule has 1 aliphatic rings. The standard InChI is InChI=1S/C15H28N2O3/c1-5-15(6-2,14(19)20)10-13(18)17-9-7-8-12(11-17)16(3)4/h12H,5-11H2,1-4H3,(H,19,20). The van der Waals surface area contributed by atoms with Crippen molar-refractivity contribution in [1.82, 2.24) is 9.80 Å². The fraction of sp³-hybridized carbons (Fsp3) is 0.867. The number of amides is 1. The molecule has 1 atom stereocenters. The van der Waals surface area contributed by atoms with Crippen molar-refractivity contribution in [2.45, 2.75) is 52.0 Å². The molecule has 0 radical (unpaired) electrons. The Morgan fingerprint density at radius 1 is 1.30 bits per heavy atom. The first kappa shape index (κ1) is 17.0. The van der Waals surface area contributed by atoms with Crippen molar-refractivity contribution in [2.75, 3.05) is 27.2 Å². The zero-order valence-electron chi connectivity index (χ0n) is 13.2. The SMILES string of the molecule is CCC(CC)(CC(=O)N1CCCC(N(C)C)C1)C(=O)O. The monoisotopic (exact) mass is 284 g/mol. The molecule has 5 heteroatoms. The molecular formula is C15H28N2O3. The number of hydrogen-bond acceptors (Lipinski definition) is 3. The molecule has 5 nitrogen and oxygen atoms in total. The van der Waals surface area contributed by atoms with E-state index in [0.717, 1.165) is 25.9 Å². The van der Waals surface area contributed by atoms with Gasteiger partial charge in [0.25, 0.3) is 0 Å². The molecule has 1 amide bonds. The van der Waals surface area contributed by atoms with Gasteiger partial charge in [-0.2, -0.15) is 0 Å². The van der Waals surface area contributed by atoms with E-state index in [2.05, 4.69) is 4.90 Å². The Kier molecular flexibility index (Phi) is 5.99. The number of piperidine rings is 1. The fourth-order valence-corrected chi connectivity index (χ4v) is 2.88. The molecular weight excluding hydrogens is 256 g/mol. The predicted molar refractivity (Wildman–Crippen MR) is 78.6 cm³/mol. The van der Waals surface area contributed by atoms with E-state index in [1.165, 1.54) is 0 Å². The zero-order chi connectivity index (χ0) is 15.3. The van der Waals surface area contributed by atoms with Crippen LogP contribution in [0, 0.1) is 5.41 Å². The zero-order valence-corrected chi connectivity index (χ0v) is 13.2. The molecule has 1 saturated heterocycles. The first-order chi connectivity index (χ1) is 9.36. The second-order valence-electron chi connectivity index (χ2n) is 6.07. The van der Waals surface area contributed by atoms with Crippen LogP contribution >= 0.6 is 0 Å². The van der Waals surface area contributed by atoms with Gasteiger partial charge in [-0.25, -0.2) is 0 Å². The van der Waals surface area contributed by atoms with Crippen LogP contribution in [0.1, 0.15) is 46.0 Å². The largest absolute Gasteiger partial charge is 0.481 e. The van der Waals surface area contributed by atoms with Gasteiger partial charge in [-0.3, -0.25) is 9.59 Å². The number of nitrogens with zero attached hydrogens (tertiary/aromatic N) is 2. The summed E-state index contributed by atoms with van der Waals surface area (Å²) in [6.45, 7) is 5.18. The van der Waals surface area contributed by atoms with Gasteiger partial charge >= 0.3 is 5.97 Å². The summed E-state index contributed by atoms with van der Waals surface area (Å²) in [6, 6.07) is 0.384. The first-order valence-corrected chi connectivity index (χ1v) is 7.54. The maximum atomic E-state index is 12.4. The number of carbonyl (C=O) groups excluding carboxylic acids is 1. The molecule has 20 heavy (non-hydrogen) atoms. The van der Waals surface area contributed by atoms with E-state index >= 15 is 0 Å². The molecule has 0 aromatic carbocycles. The van der Waals surface area contributed by atoms with Gasteiger partial charge < -0.3 is 14.9 Å². The van der Waals surface area contributed by atoms with Crippen LogP contribution in [0.4, 0.5) is 0 Å². The number of carboxylic acids is 1. The maximum Gasteiger partial charge on any atom is 0.310 e. The van der Waals surface area contributed by atoms with Gasteiger partial charge in [0.15, 0.2) is 0 Å². The second kappa shape index (κ2) is 7.07. The summed E-state index contributed by atoms with van der Waals surface area (Å²) >= 11 is 0. The van der Waals surface area contributed by atoms with E-state index in [4.69, 9.17) is 0 Å².